The average molecular weight is 100 g/mol. The fourth-order valence-electron chi connectivity index (χ4n) is 0.134. The van der Waals surface area contributed by atoms with Crippen LogP contribution in [0.5, 0.6) is 0 Å². The molecule has 34 valence electrons. The molecule has 0 spiro atoms. The second-order valence-electron chi connectivity index (χ2n) is 1.04. The van der Waals surface area contributed by atoms with Crippen molar-refractivity contribution in [2.45, 2.75) is 19.8 Å². The summed E-state index contributed by atoms with van der Waals surface area (Å²) in [5.74, 6) is 0. The van der Waals surface area contributed by atoms with Crippen molar-refractivity contribution < 1.29 is 35.4 Å². The van der Waals surface area contributed by atoms with Crippen LogP contribution in [0.1, 0.15) is 21.2 Å². The van der Waals surface area contributed by atoms with E-state index in [1.54, 1.807) is 0 Å². The van der Waals surface area contributed by atoms with Crippen LogP contribution in [0.15, 0.2) is 0 Å². The van der Waals surface area contributed by atoms with E-state index in [2.05, 4.69) is 0 Å². The van der Waals surface area contributed by atoms with Gasteiger partial charge in [0.05, 0.1) is 6.67 Å². The topological polar surface area (TPSA) is 0 Å². The third-order valence-corrected chi connectivity index (χ3v) is 0.487. The third-order valence-electron chi connectivity index (χ3n) is 0.487. The standard InChI is InChI=1S/C4H9F.Na.H/c1-2-3-4-5;;/h2-4H2,1H3;;/q;+1;-1. The van der Waals surface area contributed by atoms with Gasteiger partial charge >= 0.3 is 29.6 Å². The Kier molecular flexibility index (Phi) is 15.6. The van der Waals surface area contributed by atoms with Crippen LogP contribution in [0.25, 0.3) is 0 Å². The quantitative estimate of drug-likeness (QED) is 0.385. The second kappa shape index (κ2) is 9.33. The predicted molar refractivity (Wildman–Crippen MR) is 22.0 cm³/mol. The van der Waals surface area contributed by atoms with Gasteiger partial charge in [-0.15, -0.1) is 0 Å². The molecule has 0 rings (SSSR count). The Balaban J connectivity index is -0.0000000800. The van der Waals surface area contributed by atoms with Gasteiger partial charge in [0.25, 0.3) is 0 Å². The summed E-state index contributed by atoms with van der Waals surface area (Å²) in [4.78, 5) is 0. The van der Waals surface area contributed by atoms with Crippen molar-refractivity contribution >= 4 is 0 Å². The maximum Gasteiger partial charge on any atom is 1.00 e. The molecule has 0 aliphatic carbocycles. The van der Waals surface area contributed by atoms with Crippen LogP contribution in [-0.4, -0.2) is 6.67 Å². The minimum Gasteiger partial charge on any atom is -1.00 e. The zero-order valence-corrected chi connectivity index (χ0v) is 6.50. The molecule has 0 atom stereocenters. The first-order chi connectivity index (χ1) is 2.41. The summed E-state index contributed by atoms with van der Waals surface area (Å²) in [5, 5.41) is 0. The molecule has 0 saturated carbocycles. The van der Waals surface area contributed by atoms with Crippen LogP contribution in [0.3, 0.4) is 0 Å². The fourth-order valence-corrected chi connectivity index (χ4v) is 0.134. The first-order valence-electron chi connectivity index (χ1n) is 1.97. The summed E-state index contributed by atoms with van der Waals surface area (Å²) >= 11 is 0. The van der Waals surface area contributed by atoms with Gasteiger partial charge in [0, 0.05) is 0 Å². The number of hydrogen-bond donors (Lipinski definition) is 0. The Bertz CT molecular complexity index is 19.2. The van der Waals surface area contributed by atoms with Crippen LogP contribution >= 0.6 is 0 Å². The molecule has 0 aromatic heterocycles. The van der Waals surface area contributed by atoms with Gasteiger partial charge in [-0.2, -0.15) is 0 Å². The minimum absolute atomic E-state index is 0. The molecular formula is C4H10FNa. The molecule has 2 heteroatoms. The number of rotatable bonds is 2. The van der Waals surface area contributed by atoms with E-state index in [4.69, 9.17) is 0 Å². The monoisotopic (exact) mass is 100 g/mol. The van der Waals surface area contributed by atoms with E-state index in [0.29, 0.717) is 0 Å². The van der Waals surface area contributed by atoms with Gasteiger partial charge in [0.1, 0.15) is 0 Å². The van der Waals surface area contributed by atoms with E-state index < -0.39 is 0 Å². The van der Waals surface area contributed by atoms with E-state index in [9.17, 15) is 4.39 Å². The summed E-state index contributed by atoms with van der Waals surface area (Å²) in [6.45, 7) is 1.82. The maximum atomic E-state index is 11.0. The number of hydrogen-bond acceptors (Lipinski definition) is 0. The molecule has 0 aromatic rings. The molecule has 0 unspecified atom stereocenters. The summed E-state index contributed by atoms with van der Waals surface area (Å²) in [5.41, 5.74) is 0. The van der Waals surface area contributed by atoms with Crippen LogP contribution in [0.4, 0.5) is 4.39 Å². The minimum atomic E-state index is -0.156. The molecule has 0 radical (unpaired) electrons. The molecule has 0 saturated heterocycles. The largest absolute Gasteiger partial charge is 1.00 e. The molecule has 6 heavy (non-hydrogen) atoms. The van der Waals surface area contributed by atoms with E-state index in [1.165, 1.54) is 0 Å². The van der Waals surface area contributed by atoms with Crippen molar-refractivity contribution in [3.05, 3.63) is 0 Å². The first kappa shape index (κ1) is 10.0. The third kappa shape index (κ3) is 8.87. The Labute approximate surface area is 61.9 Å². The van der Waals surface area contributed by atoms with Gasteiger partial charge in [-0.25, -0.2) is 0 Å². The summed E-state index contributed by atoms with van der Waals surface area (Å²) < 4.78 is 11.0. The van der Waals surface area contributed by atoms with E-state index in [-0.39, 0.29) is 37.7 Å². The van der Waals surface area contributed by atoms with Crippen molar-refractivity contribution in [1.29, 1.82) is 0 Å². The zero-order valence-electron chi connectivity index (χ0n) is 5.50. The average Bonchev–Trinajstić information content (AvgIpc) is 1.41. The van der Waals surface area contributed by atoms with Gasteiger partial charge in [0.15, 0.2) is 0 Å². The molecule has 0 nitrogen and oxygen atoms in total. The second-order valence-corrected chi connectivity index (χ2v) is 1.04. The summed E-state index contributed by atoms with van der Waals surface area (Å²) in [6, 6.07) is 0. The molecule has 0 aliphatic rings. The van der Waals surface area contributed by atoms with Gasteiger partial charge < -0.3 is 1.43 Å². The van der Waals surface area contributed by atoms with E-state index >= 15 is 0 Å². The molecule has 0 aromatic carbocycles. The van der Waals surface area contributed by atoms with Crippen LogP contribution < -0.4 is 29.6 Å². The summed E-state index contributed by atoms with van der Waals surface area (Å²) in [6.07, 6.45) is 1.69. The molecular weight excluding hydrogens is 90.0 g/mol. The van der Waals surface area contributed by atoms with Crippen LogP contribution in [-0.2, 0) is 0 Å². The maximum absolute atomic E-state index is 11.0. The van der Waals surface area contributed by atoms with Gasteiger partial charge in [-0.1, -0.05) is 13.3 Å². The van der Waals surface area contributed by atoms with Crippen molar-refractivity contribution in [2.75, 3.05) is 6.67 Å². The Morgan fingerprint density at radius 3 is 2.17 bits per heavy atom. The fraction of sp³-hybridized carbons (Fsp3) is 1.00. The molecule has 0 heterocycles. The van der Waals surface area contributed by atoms with Crippen molar-refractivity contribution in [3.63, 3.8) is 0 Å². The number of unbranched alkanes of at least 4 members (excludes halogenated alkanes) is 1. The summed E-state index contributed by atoms with van der Waals surface area (Å²) in [7, 11) is 0. The Morgan fingerprint density at radius 1 is 1.67 bits per heavy atom. The number of halogens is 1. The van der Waals surface area contributed by atoms with Crippen molar-refractivity contribution in [2.24, 2.45) is 0 Å². The van der Waals surface area contributed by atoms with Crippen molar-refractivity contribution in [1.82, 2.24) is 0 Å². The van der Waals surface area contributed by atoms with Crippen LogP contribution in [0, 0.1) is 0 Å². The van der Waals surface area contributed by atoms with Crippen molar-refractivity contribution in [3.8, 4) is 0 Å². The molecule has 0 aliphatic heterocycles. The normalized spacial score (nSPS) is 7.00. The molecule has 0 amide bonds. The zero-order chi connectivity index (χ0) is 4.12. The smallest absolute Gasteiger partial charge is 1.00 e. The number of alkyl halides is 1. The SMILES string of the molecule is CCCCF.[H-].[Na+]. The van der Waals surface area contributed by atoms with E-state index in [1.807, 2.05) is 6.92 Å². The van der Waals surface area contributed by atoms with E-state index in [0.717, 1.165) is 12.8 Å². The Morgan fingerprint density at radius 2 is 2.17 bits per heavy atom. The van der Waals surface area contributed by atoms with Gasteiger partial charge in [0.2, 0.25) is 0 Å². The molecule has 0 bridgehead atoms. The van der Waals surface area contributed by atoms with Crippen LogP contribution in [0.2, 0.25) is 0 Å². The van der Waals surface area contributed by atoms with Gasteiger partial charge in [-0.3, -0.25) is 4.39 Å². The molecule has 0 N–H and O–H groups in total. The van der Waals surface area contributed by atoms with Gasteiger partial charge in [-0.05, 0) is 6.42 Å². The predicted octanol–water partition coefficient (Wildman–Crippen LogP) is -1.13. The Hall–Kier alpha value is 0.930. The molecule has 0 fully saturated rings. The first-order valence-corrected chi connectivity index (χ1v) is 1.97.